The van der Waals surface area contributed by atoms with Crippen molar-refractivity contribution in [2.75, 3.05) is 9.80 Å². The third-order valence-corrected chi connectivity index (χ3v) is 22.0. The summed E-state index contributed by atoms with van der Waals surface area (Å²) in [6, 6.07) is 128. The number of furan rings is 2. The number of hydrogen-bond acceptors (Lipinski definition) is 8. The summed E-state index contributed by atoms with van der Waals surface area (Å²) >= 11 is 0. The van der Waals surface area contributed by atoms with E-state index >= 15 is 0 Å². The fourth-order valence-corrected chi connectivity index (χ4v) is 16.6. The zero-order chi connectivity index (χ0) is 73.4. The molecule has 18 aromatic rings. The Morgan fingerprint density at radius 2 is 0.736 bits per heavy atom. The molecule has 0 N–H and O–H groups in total. The third-order valence-electron chi connectivity index (χ3n) is 22.0. The minimum absolute atomic E-state index is 0.162. The second-order valence-electron chi connectivity index (χ2n) is 28.9. The standard InChI is InChI=1S/C102H70N6O2/c1-65-88(69-28-11-5-12-29-69)64-91(71-30-13-6-14-31-71)103-98(65)86-41-24-44-92-96(86)84-58-55-79(63-94(84)109-92)108(76-37-23-34-73(60-76)66-26-9-4-10-27-66)75-52-50-68(51-53-75)67-46-48-70(49-47-67)80-38-19-20-40-83(80)100-104-99(72-32-15-7-16-33-72)105-101(106-100)87-42-25-45-93-97(87)85-59-56-78(62-95(85)110-93)107(74-35-17-8-18-36-74)77-54-57-82-81-39-21-22-43-89(81)102(2,3)90(82)61-77/h4-64,98H,1H2,2-3H3. The molecule has 8 nitrogen and oxygen atoms in total. The summed E-state index contributed by atoms with van der Waals surface area (Å²) in [4.78, 5) is 26.2. The summed E-state index contributed by atoms with van der Waals surface area (Å²) < 4.78 is 13.8. The average molecular weight is 1410 g/mol. The normalized spacial score (nSPS) is 13.7. The van der Waals surface area contributed by atoms with Crippen LogP contribution in [0.4, 0.5) is 34.1 Å². The smallest absolute Gasteiger partial charge is 0.164 e. The van der Waals surface area contributed by atoms with Crippen molar-refractivity contribution in [2.24, 2.45) is 4.99 Å². The van der Waals surface area contributed by atoms with Gasteiger partial charge in [0, 0.05) is 89.9 Å². The molecular formula is C102H70N6O2. The minimum Gasteiger partial charge on any atom is -0.456 e. The molecule has 15 aromatic carbocycles. The Morgan fingerprint density at radius 3 is 1.41 bits per heavy atom. The quantitative estimate of drug-likeness (QED) is 0.101. The first-order valence-corrected chi connectivity index (χ1v) is 37.4. The Kier molecular flexibility index (Phi) is 16.0. The van der Waals surface area contributed by atoms with Gasteiger partial charge in [-0.1, -0.05) is 287 Å². The van der Waals surface area contributed by atoms with E-state index in [9.17, 15) is 0 Å². The van der Waals surface area contributed by atoms with E-state index in [-0.39, 0.29) is 11.5 Å². The summed E-state index contributed by atoms with van der Waals surface area (Å²) in [6.45, 7) is 9.41. The highest BCUT2D eigenvalue weighted by atomic mass is 16.3. The summed E-state index contributed by atoms with van der Waals surface area (Å²) in [5.74, 6) is 1.68. The first-order valence-electron chi connectivity index (χ1n) is 37.4. The molecule has 0 spiro atoms. The number of rotatable bonds is 15. The lowest BCUT2D eigenvalue weighted by molar-refractivity contribution is 0.660. The maximum Gasteiger partial charge on any atom is 0.164 e. The molecule has 0 radical (unpaired) electrons. The minimum atomic E-state index is -0.356. The average Bonchev–Trinajstić information content (AvgIpc) is 1.57. The van der Waals surface area contributed by atoms with Gasteiger partial charge in [-0.2, -0.15) is 0 Å². The van der Waals surface area contributed by atoms with Gasteiger partial charge in [0.1, 0.15) is 28.4 Å². The van der Waals surface area contributed by atoms with Crippen molar-refractivity contribution < 1.29 is 8.83 Å². The topological polar surface area (TPSA) is 83.8 Å². The number of aliphatic imine (C=N–C) groups is 1. The molecule has 1 unspecified atom stereocenters. The fourth-order valence-electron chi connectivity index (χ4n) is 16.6. The second-order valence-corrected chi connectivity index (χ2v) is 28.9. The van der Waals surface area contributed by atoms with Gasteiger partial charge in [-0.3, -0.25) is 4.99 Å². The fraction of sp³-hybridized carbons (Fsp3) is 0.0392. The van der Waals surface area contributed by atoms with E-state index in [2.05, 4.69) is 357 Å². The first kappa shape index (κ1) is 65.2. The number of para-hydroxylation sites is 1. The summed E-state index contributed by atoms with van der Waals surface area (Å²) in [6.07, 6.45) is 2.18. The van der Waals surface area contributed by atoms with Gasteiger partial charge in [0.25, 0.3) is 0 Å². The molecular weight excluding hydrogens is 1340 g/mol. The van der Waals surface area contributed by atoms with Crippen molar-refractivity contribution in [3.05, 3.63) is 410 Å². The van der Waals surface area contributed by atoms with Crippen molar-refractivity contribution >= 4 is 89.3 Å². The van der Waals surface area contributed by atoms with Crippen LogP contribution in [0.25, 0.3) is 128 Å². The van der Waals surface area contributed by atoms with Gasteiger partial charge in [0.15, 0.2) is 17.5 Å². The van der Waals surface area contributed by atoms with Crippen LogP contribution < -0.4 is 9.80 Å². The largest absolute Gasteiger partial charge is 0.456 e. The molecule has 1 aliphatic carbocycles. The van der Waals surface area contributed by atoms with Gasteiger partial charge >= 0.3 is 0 Å². The van der Waals surface area contributed by atoms with Gasteiger partial charge in [-0.15, -0.1) is 0 Å². The molecule has 0 fully saturated rings. The van der Waals surface area contributed by atoms with E-state index in [1.165, 1.54) is 22.3 Å². The van der Waals surface area contributed by atoms with E-state index in [1.807, 2.05) is 36.4 Å². The number of benzene rings is 15. The molecule has 0 saturated heterocycles. The number of allylic oxidation sites excluding steroid dienone is 1. The van der Waals surface area contributed by atoms with Gasteiger partial charge in [0.05, 0.1) is 5.71 Å². The number of nitrogens with zero attached hydrogens (tertiary/aromatic N) is 6. The van der Waals surface area contributed by atoms with Crippen molar-refractivity contribution in [1.82, 2.24) is 15.0 Å². The molecule has 1 atom stereocenters. The third kappa shape index (κ3) is 11.5. The highest BCUT2D eigenvalue weighted by Gasteiger charge is 2.36. The maximum atomic E-state index is 6.93. The lowest BCUT2D eigenvalue weighted by atomic mass is 9.82. The van der Waals surface area contributed by atoms with Crippen LogP contribution in [0.3, 0.4) is 0 Å². The predicted molar refractivity (Wildman–Crippen MR) is 453 cm³/mol. The van der Waals surface area contributed by atoms with Crippen LogP contribution in [0.2, 0.25) is 0 Å². The maximum absolute atomic E-state index is 6.93. The van der Waals surface area contributed by atoms with Crippen molar-refractivity contribution in [1.29, 1.82) is 0 Å². The van der Waals surface area contributed by atoms with Crippen LogP contribution in [0.15, 0.2) is 396 Å². The lowest BCUT2D eigenvalue weighted by Gasteiger charge is -2.28. The van der Waals surface area contributed by atoms with Gasteiger partial charge < -0.3 is 18.6 Å². The molecule has 2 aliphatic rings. The van der Waals surface area contributed by atoms with Crippen LogP contribution >= 0.6 is 0 Å². The Balaban J connectivity index is 0.631. The van der Waals surface area contributed by atoms with Crippen LogP contribution in [-0.4, -0.2) is 20.7 Å². The lowest BCUT2D eigenvalue weighted by Crippen LogP contribution is -2.16. The summed E-state index contributed by atoms with van der Waals surface area (Å²) in [7, 11) is 0. The molecule has 8 heteroatoms. The van der Waals surface area contributed by atoms with E-state index in [1.54, 1.807) is 0 Å². The highest BCUT2D eigenvalue weighted by Crippen LogP contribution is 2.52. The number of fused-ring (bicyclic) bond motifs is 9. The molecule has 110 heavy (non-hydrogen) atoms. The van der Waals surface area contributed by atoms with Gasteiger partial charge in [0.2, 0.25) is 0 Å². The van der Waals surface area contributed by atoms with Crippen LogP contribution in [0.1, 0.15) is 47.7 Å². The van der Waals surface area contributed by atoms with Crippen LogP contribution in [-0.2, 0) is 5.41 Å². The number of aromatic nitrogens is 3. The van der Waals surface area contributed by atoms with Crippen molar-refractivity contribution in [2.45, 2.75) is 25.3 Å². The molecule has 1 aliphatic heterocycles. The summed E-state index contributed by atoms with van der Waals surface area (Å²) in [5, 5.41) is 3.93. The zero-order valence-electron chi connectivity index (χ0n) is 60.5. The molecule has 4 heterocycles. The van der Waals surface area contributed by atoms with Crippen molar-refractivity contribution in [3.8, 4) is 78.7 Å². The van der Waals surface area contributed by atoms with E-state index in [0.29, 0.717) is 17.5 Å². The van der Waals surface area contributed by atoms with E-state index in [0.717, 1.165) is 162 Å². The van der Waals surface area contributed by atoms with E-state index in [4.69, 9.17) is 35.4 Å². The molecule has 3 aromatic heterocycles. The van der Waals surface area contributed by atoms with Crippen LogP contribution in [0, 0.1) is 0 Å². The molecule has 520 valence electrons. The molecule has 20 rings (SSSR count). The Bertz CT molecular complexity index is 6680. The summed E-state index contributed by atoms with van der Waals surface area (Å²) in [5.41, 5.74) is 29.4. The van der Waals surface area contributed by atoms with Gasteiger partial charge in [-0.25, -0.2) is 15.0 Å². The Morgan fingerprint density at radius 1 is 0.300 bits per heavy atom. The molecule has 0 bridgehead atoms. The Hall–Kier alpha value is -14.3. The van der Waals surface area contributed by atoms with Crippen LogP contribution in [0.5, 0.6) is 0 Å². The highest BCUT2D eigenvalue weighted by molar-refractivity contribution is 6.17. The number of hydrogen-bond donors (Lipinski definition) is 0. The number of dihydropyridines is 1. The molecule has 0 saturated carbocycles. The first-order chi connectivity index (χ1) is 54.2. The van der Waals surface area contributed by atoms with E-state index < -0.39 is 0 Å². The van der Waals surface area contributed by atoms with Crippen molar-refractivity contribution in [3.63, 3.8) is 0 Å². The second kappa shape index (κ2) is 26.9. The monoisotopic (exact) mass is 1410 g/mol. The zero-order valence-corrected chi connectivity index (χ0v) is 60.5. The predicted octanol–water partition coefficient (Wildman–Crippen LogP) is 27.1. The molecule has 0 amide bonds. The SMILES string of the molecule is C=C1C(c2ccccc2)=CC(c2ccccc2)=NC1c1cccc2oc3cc(N(c4ccc(-c5ccc(-c6ccccc6-c6nc(-c7ccccc7)nc(-c7cccc8oc9cc(N(c%10ccccc%10)c%10ccc%11c(c%10)C(C)(C)c%10ccccc%10-%11)ccc9c78)n6)cc5)cc4)c4cccc(-c5ccccc5)c4)ccc3c12. The van der Waals surface area contributed by atoms with Gasteiger partial charge in [-0.05, 0) is 174 Å². The number of anilines is 6. The Labute approximate surface area is 637 Å².